The molecule has 86 valence electrons. The standard InChI is InChI=1S/C14H18BrN/c15-12-6-1-3-10(7-12)8-14(16)9-13(14)11-4-2-5-11/h1,3,6-7,11,13H,2,4-5,8-9,16H2. The van der Waals surface area contributed by atoms with Crippen molar-refractivity contribution in [3.8, 4) is 0 Å². The number of rotatable bonds is 3. The highest BCUT2D eigenvalue weighted by atomic mass is 79.9. The summed E-state index contributed by atoms with van der Waals surface area (Å²) in [7, 11) is 0. The molecule has 2 aliphatic rings. The largest absolute Gasteiger partial charge is 0.325 e. The van der Waals surface area contributed by atoms with Gasteiger partial charge in [-0.05, 0) is 42.4 Å². The second-order valence-electron chi connectivity index (χ2n) is 5.54. The van der Waals surface area contributed by atoms with Crippen LogP contribution in [-0.4, -0.2) is 5.54 Å². The number of benzene rings is 1. The van der Waals surface area contributed by atoms with Crippen LogP contribution in [0, 0.1) is 11.8 Å². The lowest BCUT2D eigenvalue weighted by Crippen LogP contribution is -2.32. The summed E-state index contributed by atoms with van der Waals surface area (Å²) >= 11 is 3.52. The second kappa shape index (κ2) is 3.85. The van der Waals surface area contributed by atoms with Crippen LogP contribution in [0.1, 0.15) is 31.2 Å². The molecule has 1 aromatic rings. The van der Waals surface area contributed by atoms with Gasteiger partial charge in [-0.25, -0.2) is 0 Å². The monoisotopic (exact) mass is 279 g/mol. The van der Waals surface area contributed by atoms with Crippen molar-refractivity contribution in [1.82, 2.24) is 0 Å². The van der Waals surface area contributed by atoms with Crippen molar-refractivity contribution >= 4 is 15.9 Å². The molecule has 0 aromatic heterocycles. The molecule has 1 aromatic carbocycles. The third kappa shape index (κ3) is 1.93. The van der Waals surface area contributed by atoms with E-state index in [2.05, 4.69) is 40.2 Å². The minimum Gasteiger partial charge on any atom is -0.325 e. The first-order valence-electron chi connectivity index (χ1n) is 6.21. The normalized spacial score (nSPS) is 33.5. The van der Waals surface area contributed by atoms with Gasteiger partial charge >= 0.3 is 0 Å². The third-order valence-electron chi connectivity index (χ3n) is 4.32. The summed E-state index contributed by atoms with van der Waals surface area (Å²) in [5.41, 5.74) is 7.96. The fourth-order valence-electron chi connectivity index (χ4n) is 3.06. The van der Waals surface area contributed by atoms with Crippen molar-refractivity contribution in [1.29, 1.82) is 0 Å². The molecule has 2 fully saturated rings. The van der Waals surface area contributed by atoms with Crippen LogP contribution in [0.4, 0.5) is 0 Å². The first-order valence-corrected chi connectivity index (χ1v) is 7.00. The lowest BCUT2D eigenvalue weighted by Gasteiger charge is -2.27. The van der Waals surface area contributed by atoms with Crippen LogP contribution in [0.3, 0.4) is 0 Å². The minimum absolute atomic E-state index is 0.117. The Morgan fingerprint density at radius 2 is 2.19 bits per heavy atom. The zero-order chi connectivity index (χ0) is 11.2. The predicted octanol–water partition coefficient (Wildman–Crippen LogP) is 3.51. The summed E-state index contributed by atoms with van der Waals surface area (Å²) < 4.78 is 1.16. The quantitative estimate of drug-likeness (QED) is 0.901. The Labute approximate surface area is 106 Å². The van der Waals surface area contributed by atoms with Crippen molar-refractivity contribution in [3.63, 3.8) is 0 Å². The third-order valence-corrected chi connectivity index (χ3v) is 4.81. The van der Waals surface area contributed by atoms with Gasteiger partial charge in [0.2, 0.25) is 0 Å². The highest BCUT2D eigenvalue weighted by Gasteiger charge is 2.55. The van der Waals surface area contributed by atoms with Crippen LogP contribution in [-0.2, 0) is 6.42 Å². The molecule has 1 nitrogen and oxygen atoms in total. The summed E-state index contributed by atoms with van der Waals surface area (Å²) in [6, 6.07) is 8.56. The maximum atomic E-state index is 6.47. The Hall–Kier alpha value is -0.340. The van der Waals surface area contributed by atoms with E-state index < -0.39 is 0 Å². The zero-order valence-electron chi connectivity index (χ0n) is 9.45. The van der Waals surface area contributed by atoms with Crippen molar-refractivity contribution in [2.45, 2.75) is 37.6 Å². The van der Waals surface area contributed by atoms with E-state index in [0.29, 0.717) is 0 Å². The molecule has 2 aliphatic carbocycles. The molecule has 2 unspecified atom stereocenters. The van der Waals surface area contributed by atoms with Gasteiger partial charge in [-0.3, -0.25) is 0 Å². The predicted molar refractivity (Wildman–Crippen MR) is 70.2 cm³/mol. The maximum Gasteiger partial charge on any atom is 0.0230 e. The van der Waals surface area contributed by atoms with Gasteiger partial charge in [0.25, 0.3) is 0 Å². The van der Waals surface area contributed by atoms with Crippen molar-refractivity contribution in [3.05, 3.63) is 34.3 Å². The summed E-state index contributed by atoms with van der Waals surface area (Å²) in [5, 5.41) is 0. The van der Waals surface area contributed by atoms with E-state index >= 15 is 0 Å². The molecule has 0 heterocycles. The Morgan fingerprint density at radius 3 is 2.81 bits per heavy atom. The molecular weight excluding hydrogens is 262 g/mol. The summed E-state index contributed by atoms with van der Waals surface area (Å²) in [6.45, 7) is 0. The molecule has 0 aliphatic heterocycles. The molecule has 0 radical (unpaired) electrons. The van der Waals surface area contributed by atoms with E-state index in [9.17, 15) is 0 Å². The van der Waals surface area contributed by atoms with Gasteiger partial charge in [0.15, 0.2) is 0 Å². The van der Waals surface area contributed by atoms with Crippen molar-refractivity contribution < 1.29 is 0 Å². The van der Waals surface area contributed by atoms with Crippen LogP contribution in [0.2, 0.25) is 0 Å². The molecule has 0 saturated heterocycles. The van der Waals surface area contributed by atoms with E-state index in [1.54, 1.807) is 0 Å². The van der Waals surface area contributed by atoms with Crippen molar-refractivity contribution in [2.75, 3.05) is 0 Å². The Morgan fingerprint density at radius 1 is 1.38 bits per heavy atom. The summed E-state index contributed by atoms with van der Waals surface area (Å²) in [4.78, 5) is 0. The van der Waals surface area contributed by atoms with Gasteiger partial charge in [-0.1, -0.05) is 47.3 Å². The number of nitrogens with two attached hydrogens (primary N) is 1. The van der Waals surface area contributed by atoms with E-state index in [1.807, 2.05) is 0 Å². The Kier molecular flexibility index (Phi) is 2.60. The average molecular weight is 280 g/mol. The average Bonchev–Trinajstić information content (AvgIpc) is 2.73. The molecule has 0 spiro atoms. The van der Waals surface area contributed by atoms with Crippen molar-refractivity contribution in [2.24, 2.45) is 17.6 Å². The topological polar surface area (TPSA) is 26.0 Å². The lowest BCUT2D eigenvalue weighted by atomic mass is 9.79. The highest BCUT2D eigenvalue weighted by Crippen LogP contribution is 2.54. The SMILES string of the molecule is NC1(Cc2cccc(Br)c2)CC1C1CCC1. The van der Waals surface area contributed by atoms with Gasteiger partial charge in [-0.2, -0.15) is 0 Å². The molecule has 2 heteroatoms. The Balaban J connectivity index is 1.67. The van der Waals surface area contributed by atoms with E-state index in [-0.39, 0.29) is 5.54 Å². The van der Waals surface area contributed by atoms with Gasteiger partial charge < -0.3 is 5.73 Å². The van der Waals surface area contributed by atoms with Gasteiger partial charge in [0.1, 0.15) is 0 Å². The number of hydrogen-bond acceptors (Lipinski definition) is 1. The van der Waals surface area contributed by atoms with Crippen LogP contribution < -0.4 is 5.73 Å². The fourth-order valence-corrected chi connectivity index (χ4v) is 3.51. The molecule has 3 rings (SSSR count). The van der Waals surface area contributed by atoms with E-state index in [0.717, 1.165) is 22.7 Å². The van der Waals surface area contributed by atoms with E-state index in [4.69, 9.17) is 5.73 Å². The molecule has 16 heavy (non-hydrogen) atoms. The van der Waals surface area contributed by atoms with Crippen LogP contribution >= 0.6 is 15.9 Å². The lowest BCUT2D eigenvalue weighted by molar-refractivity contribution is 0.257. The highest BCUT2D eigenvalue weighted by molar-refractivity contribution is 9.10. The first-order chi connectivity index (χ1) is 7.67. The zero-order valence-corrected chi connectivity index (χ0v) is 11.0. The van der Waals surface area contributed by atoms with Crippen LogP contribution in [0.5, 0.6) is 0 Å². The second-order valence-corrected chi connectivity index (χ2v) is 6.46. The maximum absolute atomic E-state index is 6.47. The molecule has 2 saturated carbocycles. The smallest absolute Gasteiger partial charge is 0.0230 e. The number of hydrogen-bond donors (Lipinski definition) is 1. The first kappa shape index (κ1) is 10.8. The minimum atomic E-state index is 0.117. The van der Waals surface area contributed by atoms with E-state index in [1.165, 1.54) is 31.2 Å². The van der Waals surface area contributed by atoms with Gasteiger partial charge in [0, 0.05) is 10.0 Å². The molecule has 0 bridgehead atoms. The summed E-state index contributed by atoms with van der Waals surface area (Å²) in [6.07, 6.45) is 6.55. The molecule has 2 N–H and O–H groups in total. The molecule has 2 atom stereocenters. The Bertz CT molecular complexity index is 399. The number of halogens is 1. The van der Waals surface area contributed by atoms with Crippen LogP contribution in [0.15, 0.2) is 28.7 Å². The molecular formula is C14H18BrN. The van der Waals surface area contributed by atoms with Gasteiger partial charge in [0.05, 0.1) is 0 Å². The summed E-state index contributed by atoms with van der Waals surface area (Å²) in [5.74, 6) is 1.75. The van der Waals surface area contributed by atoms with Gasteiger partial charge in [-0.15, -0.1) is 0 Å². The molecule has 0 amide bonds. The fraction of sp³-hybridized carbons (Fsp3) is 0.571. The van der Waals surface area contributed by atoms with Crippen LogP contribution in [0.25, 0.3) is 0 Å².